The minimum absolute atomic E-state index is 0.115. The summed E-state index contributed by atoms with van der Waals surface area (Å²) >= 11 is 6.09. The first-order chi connectivity index (χ1) is 12.0. The first-order valence-corrected chi connectivity index (χ1v) is 9.45. The van der Waals surface area contributed by atoms with Gasteiger partial charge in [0.15, 0.2) is 18.1 Å². The number of aromatic nitrogens is 1. The Bertz CT molecular complexity index is 934. The van der Waals surface area contributed by atoms with E-state index < -0.39 is 22.4 Å². The molecular formula is C15H20ClN5O4S. The van der Waals surface area contributed by atoms with E-state index in [1.807, 2.05) is 0 Å². The number of aliphatic hydroxyl groups is 2. The minimum atomic E-state index is -4.05. The SMILES string of the molecule is CC(C)[C@H](NS(=O)(=O)c1ccc2c(Cl)cnc(N=C(N)N)c2c1)C(O)O. The highest BCUT2D eigenvalue weighted by atomic mass is 35.5. The van der Waals surface area contributed by atoms with Crippen molar-refractivity contribution in [1.82, 2.24) is 9.71 Å². The van der Waals surface area contributed by atoms with E-state index in [1.165, 1.54) is 24.4 Å². The second kappa shape index (κ2) is 7.72. The number of sulfonamides is 1. The van der Waals surface area contributed by atoms with Gasteiger partial charge in [0.1, 0.15) is 0 Å². The lowest BCUT2D eigenvalue weighted by Crippen LogP contribution is -2.46. The lowest BCUT2D eigenvalue weighted by molar-refractivity contribution is -0.0718. The molecule has 1 aromatic heterocycles. The average Bonchev–Trinajstić information content (AvgIpc) is 2.54. The van der Waals surface area contributed by atoms with E-state index in [0.717, 1.165) is 0 Å². The summed E-state index contributed by atoms with van der Waals surface area (Å²) < 4.78 is 27.6. The molecular weight excluding hydrogens is 382 g/mol. The zero-order valence-corrected chi connectivity index (χ0v) is 15.7. The second-order valence-electron chi connectivity index (χ2n) is 5.98. The second-order valence-corrected chi connectivity index (χ2v) is 8.10. The molecule has 0 spiro atoms. The summed E-state index contributed by atoms with van der Waals surface area (Å²) in [6.45, 7) is 3.32. The van der Waals surface area contributed by atoms with Crippen LogP contribution >= 0.6 is 11.6 Å². The van der Waals surface area contributed by atoms with Gasteiger partial charge in [0, 0.05) is 17.0 Å². The molecule has 0 saturated heterocycles. The molecule has 142 valence electrons. The third-order valence-corrected chi connectivity index (χ3v) is 5.42. The number of nitrogens with one attached hydrogen (secondary N) is 1. The number of halogens is 1. The number of aliphatic hydroxyl groups excluding tert-OH is 1. The van der Waals surface area contributed by atoms with Gasteiger partial charge in [0.2, 0.25) is 10.0 Å². The molecule has 1 heterocycles. The van der Waals surface area contributed by atoms with Crippen molar-refractivity contribution in [2.24, 2.45) is 22.4 Å². The molecule has 0 aliphatic heterocycles. The van der Waals surface area contributed by atoms with E-state index in [1.54, 1.807) is 13.8 Å². The van der Waals surface area contributed by atoms with Crippen molar-refractivity contribution in [2.45, 2.75) is 31.1 Å². The van der Waals surface area contributed by atoms with Crippen molar-refractivity contribution in [3.63, 3.8) is 0 Å². The number of nitrogens with zero attached hydrogens (tertiary/aromatic N) is 2. The Hall–Kier alpha value is -1.98. The van der Waals surface area contributed by atoms with Gasteiger partial charge in [-0.25, -0.2) is 18.1 Å². The molecule has 0 unspecified atom stereocenters. The van der Waals surface area contributed by atoms with Gasteiger partial charge in [-0.2, -0.15) is 4.99 Å². The Labute approximate surface area is 155 Å². The van der Waals surface area contributed by atoms with Crippen LogP contribution in [-0.4, -0.2) is 41.9 Å². The molecule has 26 heavy (non-hydrogen) atoms. The van der Waals surface area contributed by atoms with E-state index in [9.17, 15) is 18.6 Å². The number of guanidine groups is 1. The van der Waals surface area contributed by atoms with Crippen molar-refractivity contribution < 1.29 is 18.6 Å². The van der Waals surface area contributed by atoms with Crippen molar-refractivity contribution in [3.05, 3.63) is 29.4 Å². The number of hydrogen-bond donors (Lipinski definition) is 5. The topological polar surface area (TPSA) is 164 Å². The van der Waals surface area contributed by atoms with Gasteiger partial charge < -0.3 is 21.7 Å². The van der Waals surface area contributed by atoms with Crippen LogP contribution < -0.4 is 16.2 Å². The predicted octanol–water partition coefficient (Wildman–Crippen LogP) is 0.407. The Morgan fingerprint density at radius 1 is 1.27 bits per heavy atom. The summed E-state index contributed by atoms with van der Waals surface area (Å²) in [5.74, 6) is -0.474. The molecule has 0 amide bonds. The zero-order valence-electron chi connectivity index (χ0n) is 14.1. The fourth-order valence-corrected chi connectivity index (χ4v) is 3.96. The van der Waals surface area contributed by atoms with E-state index in [0.29, 0.717) is 15.8 Å². The maximum absolute atomic E-state index is 12.6. The van der Waals surface area contributed by atoms with Gasteiger partial charge in [-0.15, -0.1) is 0 Å². The van der Waals surface area contributed by atoms with Crippen molar-refractivity contribution in [3.8, 4) is 0 Å². The number of hydrogen-bond acceptors (Lipinski definition) is 6. The quantitative estimate of drug-likeness (QED) is 0.265. The fourth-order valence-electron chi connectivity index (χ4n) is 2.34. The number of pyridine rings is 1. The smallest absolute Gasteiger partial charge is 0.241 e. The van der Waals surface area contributed by atoms with Crippen LogP contribution in [0.2, 0.25) is 5.02 Å². The number of nitrogens with two attached hydrogens (primary N) is 2. The number of rotatable bonds is 6. The molecule has 0 saturated carbocycles. The van der Waals surface area contributed by atoms with Crippen LogP contribution in [0.3, 0.4) is 0 Å². The molecule has 0 bridgehead atoms. The van der Waals surface area contributed by atoms with Gasteiger partial charge in [0.25, 0.3) is 0 Å². The standard InChI is InChI=1S/C15H20ClN5O4S/c1-7(2)12(14(22)23)21-26(24,25)8-3-4-9-10(5-8)13(20-15(17)18)19-6-11(9)16/h3-7,12,14,21-23H,1-2H3,(H4,17,18,19,20)/t12-/m0/s1. The Morgan fingerprint density at radius 2 is 1.92 bits per heavy atom. The molecule has 2 aromatic rings. The summed E-state index contributed by atoms with van der Waals surface area (Å²) in [6.07, 6.45) is -0.492. The molecule has 9 nitrogen and oxygen atoms in total. The van der Waals surface area contributed by atoms with E-state index in [-0.39, 0.29) is 22.6 Å². The molecule has 0 aliphatic carbocycles. The summed E-state index contributed by atoms with van der Waals surface area (Å²) in [5.41, 5.74) is 10.8. The summed E-state index contributed by atoms with van der Waals surface area (Å²) in [6, 6.07) is 3.08. The molecule has 7 N–H and O–H groups in total. The normalized spacial score (nSPS) is 13.3. The van der Waals surface area contributed by atoms with E-state index in [4.69, 9.17) is 23.1 Å². The lowest BCUT2D eigenvalue weighted by Gasteiger charge is -2.23. The molecule has 0 radical (unpaired) electrons. The van der Waals surface area contributed by atoms with Crippen LogP contribution in [0.25, 0.3) is 10.8 Å². The highest BCUT2D eigenvalue weighted by molar-refractivity contribution is 7.89. The number of aliphatic imine (C=N–C) groups is 1. The van der Waals surface area contributed by atoms with Gasteiger partial charge >= 0.3 is 0 Å². The first-order valence-electron chi connectivity index (χ1n) is 7.59. The molecule has 2 rings (SSSR count). The van der Waals surface area contributed by atoms with Gasteiger partial charge in [-0.1, -0.05) is 31.5 Å². The average molecular weight is 402 g/mol. The van der Waals surface area contributed by atoms with Crippen LogP contribution in [0.15, 0.2) is 34.3 Å². The van der Waals surface area contributed by atoms with Crippen molar-refractivity contribution >= 4 is 44.2 Å². The Morgan fingerprint density at radius 3 is 2.46 bits per heavy atom. The maximum Gasteiger partial charge on any atom is 0.241 e. The highest BCUT2D eigenvalue weighted by Crippen LogP contribution is 2.31. The van der Waals surface area contributed by atoms with E-state index in [2.05, 4.69) is 14.7 Å². The van der Waals surface area contributed by atoms with Crippen LogP contribution in [0.1, 0.15) is 13.8 Å². The summed E-state index contributed by atoms with van der Waals surface area (Å²) in [4.78, 5) is 7.77. The molecule has 0 aliphatic rings. The van der Waals surface area contributed by atoms with Crippen LogP contribution in [0, 0.1) is 5.92 Å². The Balaban J connectivity index is 2.58. The van der Waals surface area contributed by atoms with Crippen LogP contribution in [0.5, 0.6) is 0 Å². The van der Waals surface area contributed by atoms with E-state index >= 15 is 0 Å². The lowest BCUT2D eigenvalue weighted by atomic mass is 10.1. The Kier molecular flexibility index (Phi) is 6.04. The molecule has 1 atom stereocenters. The van der Waals surface area contributed by atoms with Crippen LogP contribution in [0.4, 0.5) is 5.82 Å². The summed E-state index contributed by atoms with van der Waals surface area (Å²) in [5, 5.41) is 20.0. The predicted molar refractivity (Wildman–Crippen MR) is 99.4 cm³/mol. The van der Waals surface area contributed by atoms with Crippen molar-refractivity contribution in [2.75, 3.05) is 0 Å². The van der Waals surface area contributed by atoms with Gasteiger partial charge in [-0.3, -0.25) is 0 Å². The number of benzene rings is 1. The minimum Gasteiger partial charge on any atom is -0.370 e. The third kappa shape index (κ3) is 4.40. The maximum atomic E-state index is 12.6. The monoisotopic (exact) mass is 401 g/mol. The van der Waals surface area contributed by atoms with Crippen molar-refractivity contribution in [1.29, 1.82) is 0 Å². The van der Waals surface area contributed by atoms with Gasteiger partial charge in [-0.05, 0) is 18.1 Å². The third-order valence-electron chi connectivity index (χ3n) is 3.67. The van der Waals surface area contributed by atoms with Gasteiger partial charge in [0.05, 0.1) is 16.0 Å². The molecule has 11 heteroatoms. The first kappa shape index (κ1) is 20.3. The number of fused-ring (bicyclic) bond motifs is 1. The fraction of sp³-hybridized carbons (Fsp3) is 0.333. The highest BCUT2D eigenvalue weighted by Gasteiger charge is 2.27. The van der Waals surface area contributed by atoms with Crippen LogP contribution in [-0.2, 0) is 10.0 Å². The molecule has 1 aromatic carbocycles. The molecule has 0 fully saturated rings. The largest absolute Gasteiger partial charge is 0.370 e. The zero-order chi connectivity index (χ0) is 19.6. The summed E-state index contributed by atoms with van der Waals surface area (Å²) in [7, 11) is -4.05.